The van der Waals surface area contributed by atoms with Gasteiger partial charge in [-0.2, -0.15) is 0 Å². The minimum atomic E-state index is -0.184. The van der Waals surface area contributed by atoms with Crippen LogP contribution in [0.3, 0.4) is 0 Å². The number of benzene rings is 3. The van der Waals surface area contributed by atoms with Crippen LogP contribution in [0.2, 0.25) is 0 Å². The molecular weight excluding hydrogens is 386 g/mol. The molecule has 3 heteroatoms. The molecule has 3 aromatic rings. The van der Waals surface area contributed by atoms with Gasteiger partial charge in [-0.25, -0.2) is 0 Å². The van der Waals surface area contributed by atoms with Crippen LogP contribution < -0.4 is 5.32 Å². The van der Waals surface area contributed by atoms with Crippen molar-refractivity contribution >= 4 is 17.7 Å². The van der Waals surface area contributed by atoms with Gasteiger partial charge in [0.25, 0.3) is 0 Å². The highest BCUT2D eigenvalue weighted by Gasteiger charge is 2.34. The standard InChI is InChI=1S/C27H29NOS/c1-2-18-28-27(29)26-23-16-7-6-15-22(23)25-20(12-10-17-24(25)26)11-8-9-19-30-21-13-4-3-5-14-21/h3-7,10,12-17,26H,2,8-9,11,18-19H2,1H3,(H,28,29). The molecule has 0 saturated heterocycles. The van der Waals surface area contributed by atoms with E-state index in [4.69, 9.17) is 0 Å². The van der Waals surface area contributed by atoms with Gasteiger partial charge in [0.05, 0.1) is 5.92 Å². The van der Waals surface area contributed by atoms with Gasteiger partial charge in [0, 0.05) is 11.4 Å². The molecule has 0 radical (unpaired) electrons. The zero-order valence-electron chi connectivity index (χ0n) is 17.6. The van der Waals surface area contributed by atoms with Crippen molar-refractivity contribution in [3.05, 3.63) is 89.5 Å². The van der Waals surface area contributed by atoms with Gasteiger partial charge in [0.2, 0.25) is 5.91 Å². The topological polar surface area (TPSA) is 29.1 Å². The maximum Gasteiger partial charge on any atom is 0.232 e. The van der Waals surface area contributed by atoms with E-state index in [0.29, 0.717) is 0 Å². The summed E-state index contributed by atoms with van der Waals surface area (Å²) >= 11 is 1.93. The number of amides is 1. The number of unbranched alkanes of at least 4 members (excludes halogenated alkanes) is 1. The smallest absolute Gasteiger partial charge is 0.232 e. The molecule has 2 nitrogen and oxygen atoms in total. The van der Waals surface area contributed by atoms with E-state index < -0.39 is 0 Å². The van der Waals surface area contributed by atoms with Crippen LogP contribution in [0.15, 0.2) is 77.7 Å². The quantitative estimate of drug-likeness (QED) is 0.322. The Labute approximate surface area is 184 Å². The maximum atomic E-state index is 13.0. The number of nitrogens with one attached hydrogen (secondary N) is 1. The molecule has 1 aliphatic carbocycles. The van der Waals surface area contributed by atoms with Crippen LogP contribution in [-0.4, -0.2) is 18.2 Å². The van der Waals surface area contributed by atoms with Gasteiger partial charge in [-0.05, 0) is 71.4 Å². The first-order chi connectivity index (χ1) is 14.8. The predicted molar refractivity (Wildman–Crippen MR) is 127 cm³/mol. The molecule has 154 valence electrons. The molecule has 1 unspecified atom stereocenters. The molecular formula is C27H29NOS. The molecule has 1 atom stereocenters. The molecule has 0 heterocycles. The molecule has 0 aromatic heterocycles. The number of hydrogen-bond donors (Lipinski definition) is 1. The number of carbonyl (C=O) groups excluding carboxylic acids is 1. The van der Waals surface area contributed by atoms with E-state index in [1.54, 1.807) is 0 Å². The summed E-state index contributed by atoms with van der Waals surface area (Å²) in [6.07, 6.45) is 4.35. The van der Waals surface area contributed by atoms with Gasteiger partial charge in [0.1, 0.15) is 0 Å². The number of thioether (sulfide) groups is 1. The maximum absolute atomic E-state index is 13.0. The Morgan fingerprint density at radius 2 is 1.67 bits per heavy atom. The van der Waals surface area contributed by atoms with Crippen LogP contribution in [0.5, 0.6) is 0 Å². The molecule has 1 amide bonds. The highest BCUT2D eigenvalue weighted by atomic mass is 32.2. The Hall–Kier alpha value is -2.52. The van der Waals surface area contributed by atoms with Gasteiger partial charge in [-0.1, -0.05) is 67.6 Å². The monoisotopic (exact) mass is 415 g/mol. The van der Waals surface area contributed by atoms with Crippen LogP contribution in [0.25, 0.3) is 11.1 Å². The van der Waals surface area contributed by atoms with Crippen molar-refractivity contribution in [3.63, 3.8) is 0 Å². The second-order valence-corrected chi connectivity index (χ2v) is 8.98. The Bertz CT molecular complexity index is 999. The summed E-state index contributed by atoms with van der Waals surface area (Å²) in [5.41, 5.74) is 6.21. The van der Waals surface area contributed by atoms with E-state index in [2.05, 4.69) is 79.0 Å². The lowest BCUT2D eigenvalue weighted by molar-refractivity contribution is -0.121. The second kappa shape index (κ2) is 9.99. The second-order valence-electron chi connectivity index (χ2n) is 7.81. The summed E-state index contributed by atoms with van der Waals surface area (Å²) in [7, 11) is 0. The van der Waals surface area contributed by atoms with E-state index in [0.717, 1.165) is 37.1 Å². The van der Waals surface area contributed by atoms with Gasteiger partial charge < -0.3 is 5.32 Å². The van der Waals surface area contributed by atoms with Crippen LogP contribution >= 0.6 is 11.8 Å². The Morgan fingerprint density at radius 1 is 0.900 bits per heavy atom. The fraction of sp³-hybridized carbons (Fsp3) is 0.296. The molecule has 0 aliphatic heterocycles. The largest absolute Gasteiger partial charge is 0.355 e. The molecule has 4 rings (SSSR count). The SMILES string of the molecule is CCCNC(=O)C1c2ccccc2-c2c(CCCCSc3ccccc3)cccc21. The fourth-order valence-corrected chi connectivity index (χ4v) is 5.23. The number of rotatable bonds is 9. The van der Waals surface area contributed by atoms with Crippen LogP contribution in [0.4, 0.5) is 0 Å². The third-order valence-electron chi connectivity index (χ3n) is 5.70. The molecule has 0 saturated carbocycles. The van der Waals surface area contributed by atoms with E-state index >= 15 is 0 Å². The van der Waals surface area contributed by atoms with Gasteiger partial charge in [0.15, 0.2) is 0 Å². The average Bonchev–Trinajstić information content (AvgIpc) is 3.13. The molecule has 0 fully saturated rings. The van der Waals surface area contributed by atoms with Gasteiger partial charge in [-0.15, -0.1) is 11.8 Å². The average molecular weight is 416 g/mol. The lowest BCUT2D eigenvalue weighted by Gasteiger charge is -2.14. The highest BCUT2D eigenvalue weighted by molar-refractivity contribution is 7.99. The zero-order chi connectivity index (χ0) is 20.8. The van der Waals surface area contributed by atoms with Crippen LogP contribution in [0, 0.1) is 0 Å². The Morgan fingerprint density at radius 3 is 2.50 bits per heavy atom. The molecule has 1 N–H and O–H groups in total. The van der Waals surface area contributed by atoms with Crippen molar-refractivity contribution in [1.82, 2.24) is 5.32 Å². The van der Waals surface area contributed by atoms with Crippen molar-refractivity contribution < 1.29 is 4.79 Å². The summed E-state index contributed by atoms with van der Waals surface area (Å²) in [5, 5.41) is 3.11. The summed E-state index contributed by atoms with van der Waals surface area (Å²) in [5.74, 6) is 1.08. The first-order valence-electron chi connectivity index (χ1n) is 11.0. The highest BCUT2D eigenvalue weighted by Crippen LogP contribution is 2.46. The van der Waals surface area contributed by atoms with E-state index in [9.17, 15) is 4.79 Å². The van der Waals surface area contributed by atoms with Crippen molar-refractivity contribution in [2.24, 2.45) is 0 Å². The minimum Gasteiger partial charge on any atom is -0.355 e. The first-order valence-corrected chi connectivity index (χ1v) is 11.9. The summed E-state index contributed by atoms with van der Waals surface area (Å²) < 4.78 is 0. The third-order valence-corrected chi connectivity index (χ3v) is 6.80. The van der Waals surface area contributed by atoms with E-state index in [1.807, 2.05) is 17.8 Å². The lowest BCUT2D eigenvalue weighted by Crippen LogP contribution is -2.29. The van der Waals surface area contributed by atoms with Crippen molar-refractivity contribution in [2.75, 3.05) is 12.3 Å². The Balaban J connectivity index is 1.48. The number of carbonyl (C=O) groups is 1. The van der Waals surface area contributed by atoms with Crippen molar-refractivity contribution in [3.8, 4) is 11.1 Å². The van der Waals surface area contributed by atoms with Crippen molar-refractivity contribution in [2.45, 2.75) is 43.4 Å². The minimum absolute atomic E-state index is 0.125. The van der Waals surface area contributed by atoms with Crippen LogP contribution in [0.1, 0.15) is 48.8 Å². The molecule has 3 aromatic carbocycles. The van der Waals surface area contributed by atoms with Crippen LogP contribution in [-0.2, 0) is 11.2 Å². The number of hydrogen-bond acceptors (Lipinski definition) is 2. The zero-order valence-corrected chi connectivity index (χ0v) is 18.4. The third kappa shape index (κ3) is 4.46. The Kier molecular flexibility index (Phi) is 6.91. The lowest BCUT2D eigenvalue weighted by atomic mass is 9.93. The van der Waals surface area contributed by atoms with E-state index in [1.165, 1.54) is 33.6 Å². The molecule has 0 spiro atoms. The summed E-state index contributed by atoms with van der Waals surface area (Å²) in [6, 6.07) is 25.5. The predicted octanol–water partition coefficient (Wildman–Crippen LogP) is 6.44. The summed E-state index contributed by atoms with van der Waals surface area (Å²) in [4.78, 5) is 14.3. The summed E-state index contributed by atoms with van der Waals surface area (Å²) in [6.45, 7) is 2.82. The molecule has 30 heavy (non-hydrogen) atoms. The van der Waals surface area contributed by atoms with E-state index in [-0.39, 0.29) is 11.8 Å². The van der Waals surface area contributed by atoms with Crippen molar-refractivity contribution in [1.29, 1.82) is 0 Å². The number of fused-ring (bicyclic) bond motifs is 3. The van der Waals surface area contributed by atoms with Gasteiger partial charge in [-0.3, -0.25) is 4.79 Å². The molecule has 0 bridgehead atoms. The molecule has 1 aliphatic rings. The normalized spacial score (nSPS) is 14.2. The van der Waals surface area contributed by atoms with Gasteiger partial charge >= 0.3 is 0 Å². The number of aryl methyl sites for hydroxylation is 1. The fourth-order valence-electron chi connectivity index (χ4n) is 4.30. The first kappa shape index (κ1) is 20.7.